The molecule has 1 rings (SSSR count). The number of nitrogens with one attached hydrogen (secondary N) is 1. The molecule has 19 heavy (non-hydrogen) atoms. The highest BCUT2D eigenvalue weighted by Gasteiger charge is 2.11. The van der Waals surface area contributed by atoms with Crippen LogP contribution in [0, 0.1) is 0 Å². The van der Waals surface area contributed by atoms with Crippen LogP contribution in [0.1, 0.15) is 13.8 Å². The smallest absolute Gasteiger partial charge is 0.241 e. The fourth-order valence-corrected chi connectivity index (χ4v) is 2.98. The molecular weight excluding hydrogens is 376 g/mol. The molecule has 1 N–H and O–H groups in total. The van der Waals surface area contributed by atoms with E-state index >= 15 is 0 Å². The standard InChI is InChI=1S/C13H18Br2N2O2/c1-4-17(5-2)13(18)8-16-11-7-12(19-3)10(15)6-9(11)14/h6-7,16H,4-5,8H2,1-3H3. The van der Waals surface area contributed by atoms with Gasteiger partial charge in [0.05, 0.1) is 23.8 Å². The molecule has 0 aliphatic rings. The molecule has 0 spiro atoms. The lowest BCUT2D eigenvalue weighted by Gasteiger charge is -2.19. The van der Waals surface area contributed by atoms with Gasteiger partial charge < -0.3 is 15.0 Å². The minimum atomic E-state index is 0.0822. The van der Waals surface area contributed by atoms with Gasteiger partial charge in [0.2, 0.25) is 5.91 Å². The lowest BCUT2D eigenvalue weighted by molar-refractivity contribution is -0.128. The van der Waals surface area contributed by atoms with E-state index in [0.29, 0.717) is 0 Å². The van der Waals surface area contributed by atoms with Gasteiger partial charge in [0, 0.05) is 23.6 Å². The van der Waals surface area contributed by atoms with Gasteiger partial charge in [0.1, 0.15) is 5.75 Å². The number of ether oxygens (including phenoxy) is 1. The number of carbonyl (C=O) groups is 1. The van der Waals surface area contributed by atoms with Crippen molar-refractivity contribution in [2.75, 3.05) is 32.1 Å². The maximum Gasteiger partial charge on any atom is 0.241 e. The van der Waals surface area contributed by atoms with Gasteiger partial charge in [0.25, 0.3) is 0 Å². The molecule has 0 aliphatic carbocycles. The van der Waals surface area contributed by atoms with Gasteiger partial charge in [-0.3, -0.25) is 4.79 Å². The summed E-state index contributed by atoms with van der Waals surface area (Å²) in [7, 11) is 1.61. The summed E-state index contributed by atoms with van der Waals surface area (Å²) in [5, 5.41) is 3.12. The van der Waals surface area contributed by atoms with Crippen molar-refractivity contribution in [2.45, 2.75) is 13.8 Å². The number of hydrogen-bond donors (Lipinski definition) is 1. The van der Waals surface area contributed by atoms with Crippen LogP contribution in [0.3, 0.4) is 0 Å². The molecule has 4 nitrogen and oxygen atoms in total. The topological polar surface area (TPSA) is 41.6 Å². The van der Waals surface area contributed by atoms with E-state index in [9.17, 15) is 4.79 Å². The number of methoxy groups -OCH3 is 1. The maximum absolute atomic E-state index is 11.9. The molecule has 0 fully saturated rings. The van der Waals surface area contributed by atoms with Crippen molar-refractivity contribution in [1.82, 2.24) is 4.90 Å². The van der Waals surface area contributed by atoms with Crippen molar-refractivity contribution in [3.8, 4) is 5.75 Å². The highest BCUT2D eigenvalue weighted by atomic mass is 79.9. The molecule has 0 unspecified atom stereocenters. The van der Waals surface area contributed by atoms with E-state index in [1.807, 2.05) is 26.0 Å². The Hall–Kier alpha value is -0.750. The predicted octanol–water partition coefficient (Wildman–Crippen LogP) is 3.50. The number of hydrogen-bond acceptors (Lipinski definition) is 3. The van der Waals surface area contributed by atoms with E-state index in [2.05, 4.69) is 37.2 Å². The second-order valence-electron chi connectivity index (χ2n) is 3.89. The Bertz CT molecular complexity index is 449. The van der Waals surface area contributed by atoms with Crippen LogP contribution in [0.15, 0.2) is 21.1 Å². The van der Waals surface area contributed by atoms with Crippen LogP contribution >= 0.6 is 31.9 Å². The molecule has 1 aromatic carbocycles. The fraction of sp³-hybridized carbons (Fsp3) is 0.462. The third-order valence-corrected chi connectivity index (χ3v) is 4.06. The van der Waals surface area contributed by atoms with Crippen LogP contribution in [0.2, 0.25) is 0 Å². The molecule has 0 radical (unpaired) electrons. The summed E-state index contributed by atoms with van der Waals surface area (Å²) in [5.41, 5.74) is 0.834. The van der Waals surface area contributed by atoms with Crippen molar-refractivity contribution in [3.05, 3.63) is 21.1 Å². The van der Waals surface area contributed by atoms with Crippen molar-refractivity contribution in [1.29, 1.82) is 0 Å². The van der Waals surface area contributed by atoms with E-state index in [4.69, 9.17) is 4.74 Å². The molecule has 106 valence electrons. The number of anilines is 1. The Labute approximate surface area is 130 Å². The summed E-state index contributed by atoms with van der Waals surface area (Å²) in [6.45, 7) is 5.66. The van der Waals surface area contributed by atoms with Gasteiger partial charge in [-0.25, -0.2) is 0 Å². The summed E-state index contributed by atoms with van der Waals surface area (Å²) in [6.07, 6.45) is 0. The van der Waals surface area contributed by atoms with Gasteiger partial charge >= 0.3 is 0 Å². The Morgan fingerprint density at radius 3 is 2.42 bits per heavy atom. The molecule has 0 saturated heterocycles. The average molecular weight is 394 g/mol. The molecule has 6 heteroatoms. The number of likely N-dealkylation sites (N-methyl/N-ethyl adjacent to an activating group) is 1. The van der Waals surface area contributed by atoms with E-state index in [-0.39, 0.29) is 12.5 Å². The number of rotatable bonds is 6. The fourth-order valence-electron chi connectivity index (χ4n) is 1.68. The van der Waals surface area contributed by atoms with Gasteiger partial charge in [-0.2, -0.15) is 0 Å². The second-order valence-corrected chi connectivity index (χ2v) is 5.59. The molecule has 0 bridgehead atoms. The maximum atomic E-state index is 11.9. The first-order valence-corrected chi connectivity index (χ1v) is 7.66. The number of carbonyl (C=O) groups excluding carboxylic acids is 1. The molecule has 0 aromatic heterocycles. The van der Waals surface area contributed by atoms with Crippen LogP contribution in [0.5, 0.6) is 5.75 Å². The molecule has 0 aliphatic heterocycles. The van der Waals surface area contributed by atoms with Crippen LogP contribution in [0.4, 0.5) is 5.69 Å². The summed E-state index contributed by atoms with van der Waals surface area (Å²) in [5.74, 6) is 0.805. The monoisotopic (exact) mass is 392 g/mol. The first-order chi connectivity index (χ1) is 9.03. The quantitative estimate of drug-likeness (QED) is 0.804. The molecule has 0 atom stereocenters. The van der Waals surface area contributed by atoms with Crippen LogP contribution in [-0.2, 0) is 4.79 Å². The van der Waals surface area contributed by atoms with E-state index < -0.39 is 0 Å². The average Bonchev–Trinajstić information content (AvgIpc) is 2.39. The molecular formula is C13H18Br2N2O2. The summed E-state index contributed by atoms with van der Waals surface area (Å²) >= 11 is 6.87. The van der Waals surface area contributed by atoms with Gasteiger partial charge in [0.15, 0.2) is 0 Å². The largest absolute Gasteiger partial charge is 0.495 e. The normalized spacial score (nSPS) is 10.2. The molecule has 1 aromatic rings. The predicted molar refractivity (Wildman–Crippen MR) is 84.8 cm³/mol. The van der Waals surface area contributed by atoms with Crippen molar-refractivity contribution in [3.63, 3.8) is 0 Å². The van der Waals surface area contributed by atoms with Crippen molar-refractivity contribution in [2.24, 2.45) is 0 Å². The molecule has 1 amide bonds. The Kier molecular flexibility index (Phi) is 6.65. The van der Waals surface area contributed by atoms with Crippen molar-refractivity contribution >= 4 is 43.5 Å². The number of halogens is 2. The number of amides is 1. The first kappa shape index (κ1) is 16.3. The lowest BCUT2D eigenvalue weighted by atomic mass is 10.3. The van der Waals surface area contributed by atoms with E-state index in [1.54, 1.807) is 12.0 Å². The highest BCUT2D eigenvalue weighted by molar-refractivity contribution is 9.11. The van der Waals surface area contributed by atoms with Crippen molar-refractivity contribution < 1.29 is 9.53 Å². The first-order valence-electron chi connectivity index (χ1n) is 6.08. The Morgan fingerprint density at radius 2 is 1.89 bits per heavy atom. The van der Waals surface area contributed by atoms with Gasteiger partial charge in [-0.05, 0) is 51.8 Å². The summed E-state index contributed by atoms with van der Waals surface area (Å²) in [4.78, 5) is 13.7. The summed E-state index contributed by atoms with van der Waals surface area (Å²) in [6, 6.07) is 3.74. The zero-order valence-electron chi connectivity index (χ0n) is 11.3. The molecule has 0 saturated carbocycles. The third-order valence-electron chi connectivity index (χ3n) is 2.79. The SMILES string of the molecule is CCN(CC)C(=O)CNc1cc(OC)c(Br)cc1Br. The lowest BCUT2D eigenvalue weighted by Crippen LogP contribution is -2.35. The number of benzene rings is 1. The Morgan fingerprint density at radius 1 is 1.26 bits per heavy atom. The minimum Gasteiger partial charge on any atom is -0.495 e. The zero-order valence-corrected chi connectivity index (χ0v) is 14.5. The second kappa shape index (κ2) is 7.75. The zero-order chi connectivity index (χ0) is 14.4. The third kappa shape index (κ3) is 4.38. The number of nitrogens with zero attached hydrogens (tertiary/aromatic N) is 1. The Balaban J connectivity index is 2.75. The van der Waals surface area contributed by atoms with Gasteiger partial charge in [-0.15, -0.1) is 0 Å². The van der Waals surface area contributed by atoms with Gasteiger partial charge in [-0.1, -0.05) is 0 Å². The van der Waals surface area contributed by atoms with E-state index in [1.165, 1.54) is 0 Å². The van der Waals surface area contributed by atoms with Crippen LogP contribution < -0.4 is 10.1 Å². The van der Waals surface area contributed by atoms with Crippen LogP contribution in [-0.4, -0.2) is 37.6 Å². The van der Waals surface area contributed by atoms with E-state index in [0.717, 1.165) is 33.5 Å². The molecule has 0 heterocycles. The minimum absolute atomic E-state index is 0.0822. The highest BCUT2D eigenvalue weighted by Crippen LogP contribution is 2.34. The summed E-state index contributed by atoms with van der Waals surface area (Å²) < 4.78 is 6.98. The van der Waals surface area contributed by atoms with Crippen LogP contribution in [0.25, 0.3) is 0 Å².